The number of rotatable bonds is 6. The number of fused-ring (bicyclic) bond motifs is 1. The van der Waals surface area contributed by atoms with Gasteiger partial charge in [0.15, 0.2) is 14.9 Å². The van der Waals surface area contributed by atoms with Crippen LogP contribution in [0.4, 0.5) is 11.5 Å². The lowest BCUT2D eigenvalue weighted by Crippen LogP contribution is -2.32. The molecule has 11 heteroatoms. The lowest BCUT2D eigenvalue weighted by molar-refractivity contribution is 0.0984. The van der Waals surface area contributed by atoms with Crippen LogP contribution >= 0.6 is 11.6 Å². The van der Waals surface area contributed by atoms with Crippen molar-refractivity contribution in [2.45, 2.75) is 30.3 Å². The van der Waals surface area contributed by atoms with E-state index in [2.05, 4.69) is 21.0 Å². The van der Waals surface area contributed by atoms with Crippen molar-refractivity contribution < 1.29 is 13.2 Å². The van der Waals surface area contributed by atoms with E-state index in [1.54, 1.807) is 30.3 Å². The average molecular weight is 533 g/mol. The third-order valence-electron chi connectivity index (χ3n) is 6.09. The summed E-state index contributed by atoms with van der Waals surface area (Å²) in [6.07, 6.45) is 5.74. The van der Waals surface area contributed by atoms with Crippen molar-refractivity contribution in [3.05, 3.63) is 82.3 Å². The highest BCUT2D eigenvalue weighted by atomic mass is 35.5. The molecule has 0 spiro atoms. The van der Waals surface area contributed by atoms with E-state index in [0.717, 1.165) is 24.5 Å². The van der Waals surface area contributed by atoms with Crippen LogP contribution in [-0.2, 0) is 16.4 Å². The summed E-state index contributed by atoms with van der Waals surface area (Å²) in [5, 5.41) is 10.5. The zero-order valence-corrected chi connectivity index (χ0v) is 21.3. The predicted octanol–water partition coefficient (Wildman–Crippen LogP) is 4.26. The number of benzene rings is 1. The molecule has 1 amide bonds. The van der Waals surface area contributed by atoms with Gasteiger partial charge in [0.05, 0.1) is 39.6 Å². The van der Waals surface area contributed by atoms with Crippen LogP contribution in [0.2, 0.25) is 5.02 Å². The van der Waals surface area contributed by atoms with E-state index in [9.17, 15) is 18.5 Å². The fourth-order valence-electron chi connectivity index (χ4n) is 4.14. The summed E-state index contributed by atoms with van der Waals surface area (Å²) in [4.78, 5) is 27.9. The molecule has 37 heavy (non-hydrogen) atoms. The van der Waals surface area contributed by atoms with Gasteiger partial charge in [0.2, 0.25) is 0 Å². The first-order chi connectivity index (χ1) is 17.7. The van der Waals surface area contributed by atoms with Gasteiger partial charge >= 0.3 is 0 Å². The number of carbonyl (C=O) groups excluding carboxylic acids is 1. The number of halogens is 1. The third kappa shape index (κ3) is 4.96. The molecule has 3 heterocycles. The Morgan fingerprint density at radius 2 is 2.00 bits per heavy atom. The van der Waals surface area contributed by atoms with Gasteiger partial charge in [0.1, 0.15) is 11.9 Å². The number of amides is 1. The second-order valence-electron chi connectivity index (χ2n) is 8.92. The van der Waals surface area contributed by atoms with Gasteiger partial charge in [-0.3, -0.25) is 9.78 Å². The molecule has 4 aromatic rings. The molecule has 3 aromatic heterocycles. The van der Waals surface area contributed by atoms with Crippen LogP contribution < -0.4 is 10.6 Å². The molecule has 0 bridgehead atoms. The molecule has 1 aliphatic carbocycles. The Balaban J connectivity index is 1.61. The summed E-state index contributed by atoms with van der Waals surface area (Å²) in [6, 6.07) is 13.8. The molecule has 0 saturated heterocycles. The van der Waals surface area contributed by atoms with Gasteiger partial charge in [-0.25, -0.2) is 18.4 Å². The monoisotopic (exact) mass is 532 g/mol. The largest absolute Gasteiger partial charge is 0.382 e. The van der Waals surface area contributed by atoms with Gasteiger partial charge in [-0.1, -0.05) is 23.7 Å². The Labute approximate surface area is 218 Å². The quantitative estimate of drug-likeness (QED) is 0.388. The van der Waals surface area contributed by atoms with Gasteiger partial charge in [0, 0.05) is 30.0 Å². The Kier molecular flexibility index (Phi) is 6.27. The zero-order chi connectivity index (χ0) is 26.3. The van der Waals surface area contributed by atoms with Gasteiger partial charge in [-0.2, -0.15) is 5.26 Å². The summed E-state index contributed by atoms with van der Waals surface area (Å²) >= 11 is 6.09. The van der Waals surface area contributed by atoms with Crippen molar-refractivity contribution in [3.63, 3.8) is 0 Å². The molecule has 2 N–H and O–H groups in total. The number of hydrogen-bond acceptors (Lipinski definition) is 8. The number of nitrogens with two attached hydrogens (primary N) is 1. The van der Waals surface area contributed by atoms with Crippen molar-refractivity contribution >= 4 is 49.8 Å². The summed E-state index contributed by atoms with van der Waals surface area (Å²) in [5.74, 6) is -0.110. The highest BCUT2D eigenvalue weighted by Gasteiger charge is 2.30. The summed E-state index contributed by atoms with van der Waals surface area (Å²) in [7, 11) is -3.77. The van der Waals surface area contributed by atoms with Crippen LogP contribution in [0.25, 0.3) is 10.9 Å². The molecule has 9 nitrogen and oxygen atoms in total. The number of hydrogen-bond donors (Lipinski definition) is 1. The number of nitriles is 1. The lowest BCUT2D eigenvalue weighted by Gasteiger charge is -2.25. The van der Waals surface area contributed by atoms with Gasteiger partial charge in [-0.05, 0) is 48.7 Å². The second-order valence-corrected chi connectivity index (χ2v) is 11.3. The van der Waals surface area contributed by atoms with E-state index in [1.165, 1.54) is 29.4 Å². The van der Waals surface area contributed by atoms with E-state index in [-0.39, 0.29) is 34.6 Å². The first-order valence-corrected chi connectivity index (χ1v) is 13.6. The topological polar surface area (TPSA) is 143 Å². The van der Waals surface area contributed by atoms with Gasteiger partial charge < -0.3 is 10.6 Å². The van der Waals surface area contributed by atoms with Crippen LogP contribution in [0.1, 0.15) is 45.9 Å². The minimum Gasteiger partial charge on any atom is -0.382 e. The van der Waals surface area contributed by atoms with Crippen LogP contribution in [-0.4, -0.2) is 35.5 Å². The predicted molar refractivity (Wildman–Crippen MR) is 140 cm³/mol. The van der Waals surface area contributed by atoms with Crippen LogP contribution in [0.3, 0.4) is 0 Å². The van der Waals surface area contributed by atoms with E-state index in [0.29, 0.717) is 27.4 Å². The maximum Gasteiger partial charge on any atom is 0.260 e. The number of sulfone groups is 1. The van der Waals surface area contributed by atoms with Crippen molar-refractivity contribution in [2.75, 3.05) is 16.9 Å². The zero-order valence-electron chi connectivity index (χ0n) is 19.7. The minimum absolute atomic E-state index is 0.000535. The van der Waals surface area contributed by atoms with E-state index in [4.69, 9.17) is 17.3 Å². The average Bonchev–Trinajstić information content (AvgIpc) is 3.72. The van der Waals surface area contributed by atoms with E-state index >= 15 is 0 Å². The highest BCUT2D eigenvalue weighted by molar-refractivity contribution is 7.90. The molecule has 5 rings (SSSR count). The first kappa shape index (κ1) is 24.6. The molecular formula is C26H21ClN6O3S. The van der Waals surface area contributed by atoms with Crippen LogP contribution in [0.5, 0.6) is 0 Å². The molecule has 0 radical (unpaired) electrons. The molecule has 186 valence electrons. The highest BCUT2D eigenvalue weighted by Crippen LogP contribution is 2.40. The Hall–Kier alpha value is -4.07. The molecule has 1 fully saturated rings. The lowest BCUT2D eigenvalue weighted by atomic mass is 10.1. The number of anilines is 2. The molecule has 0 aliphatic heterocycles. The fraction of sp³-hybridized carbons (Fsp3) is 0.192. The maximum absolute atomic E-state index is 13.9. The van der Waals surface area contributed by atoms with Gasteiger partial charge in [0.25, 0.3) is 5.91 Å². The van der Waals surface area contributed by atoms with Crippen LogP contribution in [0.15, 0.2) is 59.9 Å². The number of aromatic nitrogens is 3. The third-order valence-corrected chi connectivity index (χ3v) is 7.41. The minimum atomic E-state index is -3.77. The molecule has 1 aliphatic rings. The summed E-state index contributed by atoms with van der Waals surface area (Å²) in [5.41, 5.74) is 8.41. The Bertz CT molecular complexity index is 1710. The number of nitrogens with zero attached hydrogens (tertiary/aromatic N) is 5. The summed E-state index contributed by atoms with van der Waals surface area (Å²) in [6.45, 7) is -0.000535. The van der Waals surface area contributed by atoms with Crippen molar-refractivity contribution in [3.8, 4) is 6.07 Å². The van der Waals surface area contributed by atoms with Crippen molar-refractivity contribution in [1.29, 1.82) is 5.26 Å². The first-order valence-electron chi connectivity index (χ1n) is 11.4. The molecule has 1 aromatic carbocycles. The maximum atomic E-state index is 13.9. The van der Waals surface area contributed by atoms with Crippen molar-refractivity contribution in [1.82, 2.24) is 15.0 Å². The van der Waals surface area contributed by atoms with E-state index in [1.807, 2.05) is 0 Å². The number of nitrogen functional groups attached to an aromatic ring is 1. The van der Waals surface area contributed by atoms with E-state index < -0.39 is 15.7 Å². The smallest absolute Gasteiger partial charge is 0.260 e. The molecule has 1 saturated carbocycles. The Morgan fingerprint density at radius 1 is 1.22 bits per heavy atom. The second kappa shape index (κ2) is 9.42. The van der Waals surface area contributed by atoms with Crippen LogP contribution in [0, 0.1) is 11.3 Å². The normalized spacial score (nSPS) is 13.3. The summed E-state index contributed by atoms with van der Waals surface area (Å²) < 4.78 is 25.1. The Morgan fingerprint density at radius 3 is 2.70 bits per heavy atom. The SMILES string of the molecule is CS(=O)(=O)c1ncccc1N(Cc1ccc2cc(Cl)c(N)nc2c1)C(=O)c1cnc(C2CC2)c(C#N)c1. The molecular weight excluding hydrogens is 512 g/mol. The standard InChI is InChI=1S/C26H21ClN6O3S/c1-37(35,36)25-22(3-2-8-30-25)33(14-15-4-5-17-11-20(27)24(29)32-21(17)9-15)26(34)19-10-18(12-28)23(31-13-19)16-6-7-16/h2-5,8-11,13,16H,6-7,14H2,1H3,(H2,29,32). The number of carbonyl (C=O) groups is 1. The number of pyridine rings is 3. The van der Waals surface area contributed by atoms with Gasteiger partial charge in [-0.15, -0.1) is 0 Å². The molecule has 0 unspecified atom stereocenters. The van der Waals surface area contributed by atoms with Crippen molar-refractivity contribution in [2.24, 2.45) is 0 Å². The molecule has 0 atom stereocenters. The fourth-order valence-corrected chi connectivity index (χ4v) is 5.11.